The van der Waals surface area contributed by atoms with Gasteiger partial charge in [0.1, 0.15) is 16.5 Å². The highest BCUT2D eigenvalue weighted by molar-refractivity contribution is 7.13. The molecule has 140 valence electrons. The van der Waals surface area contributed by atoms with Gasteiger partial charge in [0, 0.05) is 16.5 Å². The molecule has 1 aliphatic heterocycles. The Hall–Kier alpha value is -3.45. The minimum atomic E-state index is -0.496. The van der Waals surface area contributed by atoms with Crippen molar-refractivity contribution in [3.63, 3.8) is 0 Å². The van der Waals surface area contributed by atoms with E-state index < -0.39 is 5.97 Å². The quantitative estimate of drug-likeness (QED) is 0.481. The molecule has 2 aromatic carbocycles. The summed E-state index contributed by atoms with van der Waals surface area (Å²) in [4.78, 5) is 21.0. The van der Waals surface area contributed by atoms with Crippen LogP contribution in [0.4, 0.5) is 0 Å². The number of rotatable bonds is 5. The third-order valence-electron chi connectivity index (χ3n) is 4.10. The van der Waals surface area contributed by atoms with Gasteiger partial charge in [-0.3, -0.25) is 0 Å². The first-order valence-electron chi connectivity index (χ1n) is 8.43. The first-order chi connectivity index (χ1) is 13.7. The van der Waals surface area contributed by atoms with Crippen LogP contribution in [0.5, 0.6) is 11.5 Å². The van der Waals surface area contributed by atoms with Gasteiger partial charge < -0.3 is 14.2 Å². The highest BCUT2D eigenvalue weighted by atomic mass is 32.1. The van der Waals surface area contributed by atoms with Gasteiger partial charge in [0.15, 0.2) is 5.70 Å². The number of aromatic nitrogens is 1. The van der Waals surface area contributed by atoms with Crippen LogP contribution in [0.15, 0.2) is 64.6 Å². The summed E-state index contributed by atoms with van der Waals surface area (Å²) in [5.74, 6) is 1.28. The van der Waals surface area contributed by atoms with Crippen molar-refractivity contribution < 1.29 is 19.0 Å². The number of carbonyl (C=O) groups excluding carboxylic acids is 1. The van der Waals surface area contributed by atoms with Crippen LogP contribution < -0.4 is 9.47 Å². The lowest BCUT2D eigenvalue weighted by Gasteiger charge is -2.01. The normalized spacial score (nSPS) is 14.7. The largest absolute Gasteiger partial charge is 0.497 e. The highest BCUT2D eigenvalue weighted by Crippen LogP contribution is 2.27. The fourth-order valence-electron chi connectivity index (χ4n) is 2.62. The summed E-state index contributed by atoms with van der Waals surface area (Å²) in [6.07, 6.45) is 1.63. The molecule has 7 heteroatoms. The second kappa shape index (κ2) is 7.66. The van der Waals surface area contributed by atoms with Crippen LogP contribution in [0, 0.1) is 0 Å². The Balaban J connectivity index is 1.57. The van der Waals surface area contributed by atoms with E-state index in [4.69, 9.17) is 14.2 Å². The molecule has 6 nitrogen and oxygen atoms in total. The predicted molar refractivity (Wildman–Crippen MR) is 108 cm³/mol. The zero-order valence-electron chi connectivity index (χ0n) is 15.2. The van der Waals surface area contributed by atoms with Crippen molar-refractivity contribution in [3.8, 4) is 22.1 Å². The Kier molecular flexibility index (Phi) is 4.90. The van der Waals surface area contributed by atoms with Gasteiger partial charge in [-0.05, 0) is 54.6 Å². The maximum atomic E-state index is 12.2. The van der Waals surface area contributed by atoms with E-state index in [2.05, 4.69) is 9.98 Å². The summed E-state index contributed by atoms with van der Waals surface area (Å²) in [6.45, 7) is 0. The SMILES string of the molecule is COc1ccc(C2=N/C(=C\c3csc(-c4ccc(OC)cc4)n3)C(=O)O2)cc1. The van der Waals surface area contributed by atoms with Crippen LogP contribution in [-0.2, 0) is 9.53 Å². The molecule has 0 aliphatic carbocycles. The predicted octanol–water partition coefficient (Wildman–Crippen LogP) is 4.17. The molecule has 0 amide bonds. The second-order valence-electron chi connectivity index (χ2n) is 5.87. The first kappa shape index (κ1) is 17.9. The number of benzene rings is 2. The third-order valence-corrected chi connectivity index (χ3v) is 5.01. The monoisotopic (exact) mass is 392 g/mol. The lowest BCUT2D eigenvalue weighted by Crippen LogP contribution is -2.05. The number of cyclic esters (lactones) is 1. The van der Waals surface area contributed by atoms with Gasteiger partial charge in [0.05, 0.1) is 19.9 Å². The number of carbonyl (C=O) groups is 1. The van der Waals surface area contributed by atoms with Crippen molar-refractivity contribution in [1.82, 2.24) is 4.98 Å². The molecule has 0 bridgehead atoms. The maximum Gasteiger partial charge on any atom is 0.363 e. The molecular formula is C21H16N2O4S. The number of nitrogens with zero attached hydrogens (tertiary/aromatic N) is 2. The number of methoxy groups -OCH3 is 2. The number of thiazole rings is 1. The number of hydrogen-bond acceptors (Lipinski definition) is 7. The van der Waals surface area contributed by atoms with Gasteiger partial charge in [0.2, 0.25) is 5.90 Å². The van der Waals surface area contributed by atoms with E-state index in [1.807, 2.05) is 29.6 Å². The molecule has 1 aliphatic rings. The van der Waals surface area contributed by atoms with E-state index in [9.17, 15) is 4.79 Å². The molecule has 0 fully saturated rings. The molecule has 28 heavy (non-hydrogen) atoms. The van der Waals surface area contributed by atoms with Crippen molar-refractivity contribution in [1.29, 1.82) is 0 Å². The second-order valence-corrected chi connectivity index (χ2v) is 6.73. The van der Waals surface area contributed by atoms with Crippen LogP contribution in [-0.4, -0.2) is 31.1 Å². The molecule has 0 saturated heterocycles. The smallest absolute Gasteiger partial charge is 0.363 e. The average Bonchev–Trinajstić information content (AvgIpc) is 3.35. The Bertz CT molecular complexity index is 1070. The van der Waals surface area contributed by atoms with Crippen molar-refractivity contribution >= 4 is 29.3 Å². The summed E-state index contributed by atoms with van der Waals surface area (Å²) < 4.78 is 15.6. The van der Waals surface area contributed by atoms with E-state index in [1.54, 1.807) is 44.6 Å². The fourth-order valence-corrected chi connectivity index (χ4v) is 3.41. The highest BCUT2D eigenvalue weighted by Gasteiger charge is 2.24. The summed E-state index contributed by atoms with van der Waals surface area (Å²) in [7, 11) is 3.22. The van der Waals surface area contributed by atoms with Crippen molar-refractivity contribution in [2.45, 2.75) is 0 Å². The summed E-state index contributed by atoms with van der Waals surface area (Å²) in [5, 5.41) is 2.72. The first-order valence-corrected chi connectivity index (χ1v) is 9.31. The average molecular weight is 392 g/mol. The number of esters is 1. The number of ether oxygens (including phenoxy) is 3. The van der Waals surface area contributed by atoms with Crippen LogP contribution >= 0.6 is 11.3 Å². The molecule has 3 aromatic rings. The molecule has 2 heterocycles. The molecule has 0 atom stereocenters. The van der Waals surface area contributed by atoms with Gasteiger partial charge in [-0.1, -0.05) is 0 Å². The van der Waals surface area contributed by atoms with Crippen LogP contribution in [0.1, 0.15) is 11.3 Å². The van der Waals surface area contributed by atoms with Crippen molar-refractivity contribution in [3.05, 3.63) is 70.9 Å². The van der Waals surface area contributed by atoms with E-state index in [1.165, 1.54) is 11.3 Å². The van der Waals surface area contributed by atoms with Gasteiger partial charge in [-0.2, -0.15) is 0 Å². The van der Waals surface area contributed by atoms with Crippen LogP contribution in [0.2, 0.25) is 0 Å². The van der Waals surface area contributed by atoms with E-state index in [0.717, 1.165) is 22.1 Å². The number of aliphatic imine (C=N–C) groups is 1. The maximum absolute atomic E-state index is 12.2. The minimum Gasteiger partial charge on any atom is -0.497 e. The molecule has 0 saturated carbocycles. The zero-order chi connectivity index (χ0) is 19.5. The minimum absolute atomic E-state index is 0.220. The molecule has 0 N–H and O–H groups in total. The van der Waals surface area contributed by atoms with Gasteiger partial charge in [-0.25, -0.2) is 14.8 Å². The fraction of sp³-hybridized carbons (Fsp3) is 0.0952. The van der Waals surface area contributed by atoms with E-state index in [-0.39, 0.29) is 11.6 Å². The molecule has 0 unspecified atom stereocenters. The molecule has 0 spiro atoms. The van der Waals surface area contributed by atoms with Crippen molar-refractivity contribution in [2.24, 2.45) is 4.99 Å². The van der Waals surface area contributed by atoms with Gasteiger partial charge >= 0.3 is 5.97 Å². The summed E-state index contributed by atoms with van der Waals surface area (Å²) >= 11 is 1.49. The van der Waals surface area contributed by atoms with Crippen LogP contribution in [0.25, 0.3) is 16.6 Å². The molecule has 1 aromatic heterocycles. The third kappa shape index (κ3) is 3.65. The Morgan fingerprint density at radius 1 is 0.929 bits per heavy atom. The van der Waals surface area contributed by atoms with Crippen LogP contribution in [0.3, 0.4) is 0 Å². The van der Waals surface area contributed by atoms with E-state index in [0.29, 0.717) is 11.3 Å². The zero-order valence-corrected chi connectivity index (χ0v) is 16.0. The molecule has 0 radical (unpaired) electrons. The summed E-state index contributed by atoms with van der Waals surface area (Å²) in [5.41, 5.74) is 2.56. The standard InChI is InChI=1S/C21H16N2O4S/c1-25-16-7-3-13(4-8-16)19-23-18(21(24)27-19)11-15-12-28-20(22-15)14-5-9-17(26-2)10-6-14/h3-12H,1-2H3/b18-11-. The molecular weight excluding hydrogens is 376 g/mol. The molecule has 4 rings (SSSR count). The van der Waals surface area contributed by atoms with E-state index >= 15 is 0 Å². The lowest BCUT2D eigenvalue weighted by atomic mass is 10.2. The topological polar surface area (TPSA) is 70.0 Å². The Labute approximate surface area is 165 Å². The number of hydrogen-bond donors (Lipinski definition) is 0. The van der Waals surface area contributed by atoms with Crippen molar-refractivity contribution in [2.75, 3.05) is 14.2 Å². The Morgan fingerprint density at radius 2 is 1.54 bits per heavy atom. The Morgan fingerprint density at radius 3 is 2.14 bits per heavy atom. The van der Waals surface area contributed by atoms with Gasteiger partial charge in [0.25, 0.3) is 0 Å². The van der Waals surface area contributed by atoms with Gasteiger partial charge in [-0.15, -0.1) is 11.3 Å². The lowest BCUT2D eigenvalue weighted by molar-refractivity contribution is -0.129. The summed E-state index contributed by atoms with van der Waals surface area (Å²) in [6, 6.07) is 14.8.